The first-order valence-electron chi connectivity index (χ1n) is 6.67. The van der Waals surface area contributed by atoms with Crippen molar-refractivity contribution in [2.75, 3.05) is 25.4 Å². The van der Waals surface area contributed by atoms with Gasteiger partial charge < -0.3 is 10.0 Å². The Kier molecular flexibility index (Phi) is 5.63. The SMILES string of the molecule is O=C(O)[C@@H]1CN(CCSc2ccc(Cl)cc2)C[C@H]1C(F)(F)F. The lowest BCUT2D eigenvalue weighted by Crippen LogP contribution is -2.33. The van der Waals surface area contributed by atoms with Crippen LogP contribution in [-0.2, 0) is 4.79 Å². The van der Waals surface area contributed by atoms with Crippen molar-refractivity contribution < 1.29 is 23.1 Å². The first-order chi connectivity index (χ1) is 10.3. The third-order valence-electron chi connectivity index (χ3n) is 3.62. The van der Waals surface area contributed by atoms with Crippen molar-refractivity contribution in [2.24, 2.45) is 11.8 Å². The fourth-order valence-electron chi connectivity index (χ4n) is 2.47. The molecule has 1 saturated heterocycles. The van der Waals surface area contributed by atoms with Gasteiger partial charge in [0.05, 0.1) is 11.8 Å². The van der Waals surface area contributed by atoms with E-state index in [2.05, 4.69) is 0 Å². The molecule has 0 spiro atoms. The standard InChI is InChI=1S/C14H15ClF3NO2S/c15-9-1-3-10(4-2-9)22-6-5-19-7-11(13(20)21)12(8-19)14(16,17)18/h1-4,11-12H,5-8H2,(H,20,21)/t11-,12-/m1/s1. The van der Waals surface area contributed by atoms with Gasteiger partial charge in [-0.15, -0.1) is 11.8 Å². The molecule has 0 aromatic heterocycles. The van der Waals surface area contributed by atoms with E-state index in [4.69, 9.17) is 16.7 Å². The molecule has 1 aromatic rings. The molecule has 0 bridgehead atoms. The molecule has 22 heavy (non-hydrogen) atoms. The van der Waals surface area contributed by atoms with Gasteiger partial charge in [0.25, 0.3) is 0 Å². The molecular formula is C14H15ClF3NO2S. The molecule has 122 valence electrons. The third kappa shape index (κ3) is 4.54. The van der Waals surface area contributed by atoms with Crippen LogP contribution < -0.4 is 0 Å². The number of hydrogen-bond donors (Lipinski definition) is 1. The summed E-state index contributed by atoms with van der Waals surface area (Å²) in [6.45, 7) is 0.117. The van der Waals surface area contributed by atoms with Gasteiger partial charge in [0.15, 0.2) is 0 Å². The number of likely N-dealkylation sites (tertiary alicyclic amines) is 1. The smallest absolute Gasteiger partial charge is 0.393 e. The second kappa shape index (κ2) is 7.10. The van der Waals surface area contributed by atoms with E-state index in [1.807, 2.05) is 12.1 Å². The van der Waals surface area contributed by atoms with Crippen LogP contribution in [0, 0.1) is 11.8 Å². The minimum atomic E-state index is -4.47. The predicted molar refractivity (Wildman–Crippen MR) is 79.3 cm³/mol. The summed E-state index contributed by atoms with van der Waals surface area (Å²) in [5.41, 5.74) is 0. The van der Waals surface area contributed by atoms with E-state index in [1.165, 1.54) is 11.8 Å². The molecule has 2 rings (SSSR count). The lowest BCUT2D eigenvalue weighted by Gasteiger charge is -2.18. The molecule has 1 heterocycles. The van der Waals surface area contributed by atoms with Crippen molar-refractivity contribution in [3.63, 3.8) is 0 Å². The number of benzene rings is 1. The maximum absolute atomic E-state index is 12.9. The van der Waals surface area contributed by atoms with E-state index in [-0.39, 0.29) is 13.1 Å². The average molecular weight is 354 g/mol. The average Bonchev–Trinajstić information content (AvgIpc) is 2.85. The Morgan fingerprint density at radius 3 is 2.45 bits per heavy atom. The van der Waals surface area contributed by atoms with Crippen molar-refractivity contribution in [1.29, 1.82) is 0 Å². The molecule has 8 heteroatoms. The first-order valence-corrected chi connectivity index (χ1v) is 8.04. The lowest BCUT2D eigenvalue weighted by atomic mass is 9.96. The van der Waals surface area contributed by atoms with E-state index in [0.717, 1.165) is 4.90 Å². The Bertz CT molecular complexity index is 524. The van der Waals surface area contributed by atoms with E-state index < -0.39 is 24.0 Å². The van der Waals surface area contributed by atoms with Crippen LogP contribution in [0.5, 0.6) is 0 Å². The van der Waals surface area contributed by atoms with Gasteiger partial charge in [-0.05, 0) is 24.3 Å². The number of thioether (sulfide) groups is 1. The van der Waals surface area contributed by atoms with Gasteiger partial charge in [-0.3, -0.25) is 4.79 Å². The number of nitrogens with zero attached hydrogens (tertiary/aromatic N) is 1. The zero-order valence-electron chi connectivity index (χ0n) is 11.5. The summed E-state index contributed by atoms with van der Waals surface area (Å²) in [5, 5.41) is 9.58. The molecule has 2 atom stereocenters. The Balaban J connectivity index is 1.86. The monoisotopic (exact) mass is 353 g/mol. The van der Waals surface area contributed by atoms with Gasteiger partial charge in [-0.2, -0.15) is 13.2 Å². The summed E-state index contributed by atoms with van der Waals surface area (Å²) >= 11 is 7.28. The largest absolute Gasteiger partial charge is 0.481 e. The Morgan fingerprint density at radius 2 is 1.95 bits per heavy atom. The van der Waals surface area contributed by atoms with Gasteiger partial charge in [0.2, 0.25) is 0 Å². The molecular weight excluding hydrogens is 339 g/mol. The number of rotatable bonds is 5. The topological polar surface area (TPSA) is 40.5 Å². The molecule has 0 saturated carbocycles. The molecule has 0 radical (unpaired) electrons. The van der Waals surface area contributed by atoms with Crippen LogP contribution in [0.1, 0.15) is 0 Å². The van der Waals surface area contributed by atoms with Crippen molar-refractivity contribution in [3.8, 4) is 0 Å². The molecule has 1 aliphatic rings. The Hall–Kier alpha value is -0.920. The van der Waals surface area contributed by atoms with Gasteiger partial charge in [-0.25, -0.2) is 0 Å². The van der Waals surface area contributed by atoms with E-state index in [1.54, 1.807) is 17.0 Å². The molecule has 3 nitrogen and oxygen atoms in total. The van der Waals surface area contributed by atoms with Crippen molar-refractivity contribution in [2.45, 2.75) is 11.1 Å². The quantitative estimate of drug-likeness (QED) is 0.821. The molecule has 1 aliphatic heterocycles. The van der Waals surface area contributed by atoms with Crippen molar-refractivity contribution >= 4 is 29.3 Å². The number of carboxylic acids is 1. The minimum absolute atomic E-state index is 0.0549. The molecule has 1 aromatic carbocycles. The summed E-state index contributed by atoms with van der Waals surface area (Å²) in [4.78, 5) is 13.5. The van der Waals surface area contributed by atoms with Crippen molar-refractivity contribution in [3.05, 3.63) is 29.3 Å². The van der Waals surface area contributed by atoms with E-state index in [0.29, 0.717) is 17.3 Å². The highest BCUT2D eigenvalue weighted by atomic mass is 35.5. The van der Waals surface area contributed by atoms with Gasteiger partial charge >= 0.3 is 12.1 Å². The first kappa shape index (κ1) is 17.4. The fraction of sp³-hybridized carbons (Fsp3) is 0.500. The van der Waals surface area contributed by atoms with Crippen LogP contribution in [-0.4, -0.2) is 47.5 Å². The normalized spacial score (nSPS) is 22.9. The second-order valence-corrected chi connectivity index (χ2v) is 6.76. The van der Waals surface area contributed by atoms with Crippen LogP contribution in [0.25, 0.3) is 0 Å². The van der Waals surface area contributed by atoms with Gasteiger partial charge in [0.1, 0.15) is 0 Å². The molecule has 1 N–H and O–H groups in total. The van der Waals surface area contributed by atoms with Gasteiger partial charge in [-0.1, -0.05) is 11.6 Å². The Labute approximate surface area is 135 Å². The summed E-state index contributed by atoms with van der Waals surface area (Å²) in [5.74, 6) is -3.94. The summed E-state index contributed by atoms with van der Waals surface area (Å²) in [6.07, 6.45) is -4.47. The number of halogens is 4. The minimum Gasteiger partial charge on any atom is -0.481 e. The second-order valence-electron chi connectivity index (χ2n) is 5.15. The lowest BCUT2D eigenvalue weighted by molar-refractivity contribution is -0.188. The van der Waals surface area contributed by atoms with Crippen LogP contribution in [0.2, 0.25) is 5.02 Å². The van der Waals surface area contributed by atoms with Gasteiger partial charge in [0, 0.05) is 35.3 Å². The highest BCUT2D eigenvalue weighted by Gasteiger charge is 2.52. The molecule has 0 aliphatic carbocycles. The van der Waals surface area contributed by atoms with Crippen LogP contribution >= 0.6 is 23.4 Å². The van der Waals surface area contributed by atoms with Crippen molar-refractivity contribution in [1.82, 2.24) is 4.90 Å². The third-order valence-corrected chi connectivity index (χ3v) is 4.87. The molecule has 1 fully saturated rings. The number of hydrogen-bond acceptors (Lipinski definition) is 3. The highest BCUT2D eigenvalue weighted by Crippen LogP contribution is 2.37. The van der Waals surface area contributed by atoms with E-state index >= 15 is 0 Å². The highest BCUT2D eigenvalue weighted by molar-refractivity contribution is 7.99. The van der Waals surface area contributed by atoms with Crippen LogP contribution in [0.4, 0.5) is 13.2 Å². The summed E-state index contributed by atoms with van der Waals surface area (Å²) in [6, 6.07) is 7.19. The number of carboxylic acid groups (broad SMARTS) is 1. The summed E-state index contributed by atoms with van der Waals surface area (Å²) < 4.78 is 38.6. The maximum Gasteiger partial charge on any atom is 0.393 e. The van der Waals surface area contributed by atoms with Crippen LogP contribution in [0.15, 0.2) is 29.2 Å². The maximum atomic E-state index is 12.9. The predicted octanol–water partition coefficient (Wildman–Crippen LogP) is 3.63. The zero-order chi connectivity index (χ0) is 16.3. The Morgan fingerprint density at radius 1 is 1.32 bits per heavy atom. The van der Waals surface area contributed by atoms with Crippen LogP contribution in [0.3, 0.4) is 0 Å². The number of alkyl halides is 3. The molecule has 0 amide bonds. The fourth-order valence-corrected chi connectivity index (χ4v) is 3.51. The number of aliphatic carboxylic acids is 1. The summed E-state index contributed by atoms with van der Waals surface area (Å²) in [7, 11) is 0. The van der Waals surface area contributed by atoms with E-state index in [9.17, 15) is 18.0 Å². The molecule has 0 unspecified atom stereocenters. The number of carbonyl (C=O) groups is 1. The zero-order valence-corrected chi connectivity index (χ0v) is 13.1.